The van der Waals surface area contributed by atoms with E-state index < -0.39 is 0 Å². The van der Waals surface area contributed by atoms with Crippen molar-refractivity contribution in [3.8, 4) is 0 Å². The van der Waals surface area contributed by atoms with Crippen molar-refractivity contribution in [3.05, 3.63) is 68.5 Å². The summed E-state index contributed by atoms with van der Waals surface area (Å²) in [4.78, 5) is 28.7. The van der Waals surface area contributed by atoms with Gasteiger partial charge in [-0.05, 0) is 44.5 Å². The first-order chi connectivity index (χ1) is 12.9. The van der Waals surface area contributed by atoms with Crippen molar-refractivity contribution in [2.45, 2.75) is 25.9 Å². The third-order valence-electron chi connectivity index (χ3n) is 5.58. The van der Waals surface area contributed by atoms with Gasteiger partial charge in [0.15, 0.2) is 0 Å². The molecule has 0 unspecified atom stereocenters. The summed E-state index contributed by atoms with van der Waals surface area (Å²) in [6, 6.07) is 12.2. The zero-order valence-corrected chi connectivity index (χ0v) is 16.6. The molecule has 2 heterocycles. The van der Waals surface area contributed by atoms with Gasteiger partial charge >= 0.3 is 5.69 Å². The minimum absolute atomic E-state index is 0.231. The van der Waals surface area contributed by atoms with Gasteiger partial charge in [-0.1, -0.05) is 30.3 Å². The summed E-state index contributed by atoms with van der Waals surface area (Å²) in [6.45, 7) is 4.76. The van der Waals surface area contributed by atoms with Crippen molar-refractivity contribution in [3.63, 3.8) is 0 Å². The highest BCUT2D eigenvalue weighted by Crippen LogP contribution is 2.20. The smallest absolute Gasteiger partial charge is 0.302 e. The van der Waals surface area contributed by atoms with Gasteiger partial charge < -0.3 is 4.90 Å². The lowest BCUT2D eigenvalue weighted by Gasteiger charge is -2.34. The summed E-state index contributed by atoms with van der Waals surface area (Å²) < 4.78 is 2.74. The van der Waals surface area contributed by atoms with Gasteiger partial charge in [-0.3, -0.25) is 18.8 Å². The van der Waals surface area contributed by atoms with Crippen LogP contribution in [0.2, 0.25) is 0 Å². The van der Waals surface area contributed by atoms with Crippen LogP contribution in [0.25, 0.3) is 0 Å². The zero-order valence-electron chi connectivity index (χ0n) is 16.6. The number of nitrogens with zero attached hydrogens (tertiary/aromatic N) is 4. The molecule has 1 aromatic heterocycles. The van der Waals surface area contributed by atoms with Crippen LogP contribution in [0, 0.1) is 5.92 Å². The molecule has 0 aliphatic carbocycles. The van der Waals surface area contributed by atoms with Gasteiger partial charge in [0.1, 0.15) is 0 Å². The Morgan fingerprint density at radius 3 is 2.37 bits per heavy atom. The van der Waals surface area contributed by atoms with Crippen LogP contribution in [0.4, 0.5) is 0 Å². The van der Waals surface area contributed by atoms with E-state index in [-0.39, 0.29) is 11.2 Å². The van der Waals surface area contributed by atoms with Gasteiger partial charge in [0, 0.05) is 45.5 Å². The molecule has 1 aliphatic rings. The topological polar surface area (TPSA) is 50.5 Å². The summed E-state index contributed by atoms with van der Waals surface area (Å²) in [5.74, 6) is 0.697. The number of hydrogen-bond donors (Lipinski definition) is 0. The number of likely N-dealkylation sites (tertiary alicyclic amines) is 1. The minimum Gasteiger partial charge on any atom is -0.302 e. The highest BCUT2D eigenvalue weighted by molar-refractivity contribution is 5.14. The van der Waals surface area contributed by atoms with Crippen LogP contribution in [0.15, 0.2) is 46.0 Å². The van der Waals surface area contributed by atoms with Crippen LogP contribution in [0.1, 0.15) is 24.1 Å². The molecule has 1 fully saturated rings. The average Bonchev–Trinajstić information content (AvgIpc) is 2.66. The lowest BCUT2D eigenvalue weighted by Crippen LogP contribution is -2.41. The molecule has 0 N–H and O–H groups in total. The zero-order chi connectivity index (χ0) is 19.4. The van der Waals surface area contributed by atoms with E-state index in [0.717, 1.165) is 49.3 Å². The van der Waals surface area contributed by atoms with Crippen molar-refractivity contribution in [2.24, 2.45) is 20.0 Å². The molecule has 27 heavy (non-hydrogen) atoms. The number of benzene rings is 1. The van der Waals surface area contributed by atoms with Gasteiger partial charge in [0.05, 0.1) is 0 Å². The standard InChI is InChI=1S/C21H30N4O2/c1-22(14-17-7-5-4-6-8-17)15-18-9-11-25(12-10-18)16-19-13-20(26)24(3)21(27)23(19)2/h4-8,13,18H,9-12,14-16H2,1-3H3. The Bertz CT molecular complexity index is 864. The quantitative estimate of drug-likeness (QED) is 0.772. The molecule has 0 saturated carbocycles. The maximum atomic E-state index is 12.1. The van der Waals surface area contributed by atoms with Gasteiger partial charge in [-0.2, -0.15) is 0 Å². The lowest BCUT2D eigenvalue weighted by atomic mass is 9.96. The highest BCUT2D eigenvalue weighted by atomic mass is 16.2. The van der Waals surface area contributed by atoms with Crippen molar-refractivity contribution < 1.29 is 0 Å². The predicted octanol–water partition coefficient (Wildman–Crippen LogP) is 1.43. The third kappa shape index (κ3) is 4.96. The summed E-state index contributed by atoms with van der Waals surface area (Å²) in [5.41, 5.74) is 1.66. The second kappa shape index (κ2) is 8.67. The van der Waals surface area contributed by atoms with Gasteiger partial charge in [-0.25, -0.2) is 4.79 Å². The average molecular weight is 370 g/mol. The molecular formula is C21H30N4O2. The van der Waals surface area contributed by atoms with E-state index in [4.69, 9.17) is 0 Å². The molecule has 0 atom stereocenters. The number of hydrogen-bond acceptors (Lipinski definition) is 4. The van der Waals surface area contributed by atoms with E-state index in [0.29, 0.717) is 12.5 Å². The van der Waals surface area contributed by atoms with Gasteiger partial charge in [0.25, 0.3) is 5.56 Å². The normalized spacial score (nSPS) is 16.1. The molecule has 3 rings (SSSR count). The summed E-state index contributed by atoms with van der Waals surface area (Å²) >= 11 is 0. The molecule has 0 radical (unpaired) electrons. The van der Waals surface area contributed by atoms with E-state index in [2.05, 4.69) is 47.2 Å². The van der Waals surface area contributed by atoms with Crippen molar-refractivity contribution >= 4 is 0 Å². The number of rotatable bonds is 6. The summed E-state index contributed by atoms with van der Waals surface area (Å²) in [6.07, 6.45) is 2.30. The van der Waals surface area contributed by atoms with Crippen LogP contribution < -0.4 is 11.2 Å². The van der Waals surface area contributed by atoms with Crippen molar-refractivity contribution in [1.29, 1.82) is 0 Å². The van der Waals surface area contributed by atoms with Crippen LogP contribution in [0.5, 0.6) is 0 Å². The minimum atomic E-state index is -0.255. The molecule has 0 spiro atoms. The first-order valence-electron chi connectivity index (χ1n) is 9.65. The summed E-state index contributed by atoms with van der Waals surface area (Å²) in [7, 11) is 5.45. The fourth-order valence-electron chi connectivity index (χ4n) is 3.89. The van der Waals surface area contributed by atoms with E-state index >= 15 is 0 Å². The van der Waals surface area contributed by atoms with E-state index in [1.54, 1.807) is 17.7 Å². The lowest BCUT2D eigenvalue weighted by molar-refractivity contribution is 0.144. The Balaban J connectivity index is 1.51. The number of piperidine rings is 1. The molecule has 6 nitrogen and oxygen atoms in total. The Labute approximate surface area is 160 Å². The molecule has 146 valence electrons. The number of aromatic nitrogens is 2. The molecule has 2 aromatic rings. The molecule has 1 aliphatic heterocycles. The molecule has 1 aromatic carbocycles. The van der Waals surface area contributed by atoms with Crippen molar-refractivity contribution in [2.75, 3.05) is 26.7 Å². The SMILES string of the molecule is CN(Cc1ccccc1)CC1CCN(Cc2cc(=O)n(C)c(=O)n2C)CC1. The first-order valence-corrected chi connectivity index (χ1v) is 9.65. The second-order valence-electron chi connectivity index (χ2n) is 7.78. The Morgan fingerprint density at radius 2 is 1.70 bits per heavy atom. The van der Waals surface area contributed by atoms with Crippen LogP contribution in [-0.2, 0) is 27.2 Å². The monoisotopic (exact) mass is 370 g/mol. The highest BCUT2D eigenvalue weighted by Gasteiger charge is 2.21. The Hall–Kier alpha value is -2.18. The Kier molecular flexibility index (Phi) is 6.29. The van der Waals surface area contributed by atoms with Gasteiger partial charge in [-0.15, -0.1) is 0 Å². The predicted molar refractivity (Wildman–Crippen MR) is 108 cm³/mol. The molecule has 6 heteroatoms. The van der Waals surface area contributed by atoms with Gasteiger partial charge in [0.2, 0.25) is 0 Å². The van der Waals surface area contributed by atoms with E-state index in [1.165, 1.54) is 12.6 Å². The maximum absolute atomic E-state index is 12.1. The van der Waals surface area contributed by atoms with E-state index in [1.807, 2.05) is 0 Å². The first kappa shape index (κ1) is 19.6. The summed E-state index contributed by atoms with van der Waals surface area (Å²) in [5, 5.41) is 0. The molecule has 0 bridgehead atoms. The second-order valence-corrected chi connectivity index (χ2v) is 7.78. The fourth-order valence-corrected chi connectivity index (χ4v) is 3.89. The molecule has 0 amide bonds. The molecule has 1 saturated heterocycles. The van der Waals surface area contributed by atoms with Crippen LogP contribution in [0.3, 0.4) is 0 Å². The van der Waals surface area contributed by atoms with E-state index in [9.17, 15) is 9.59 Å². The molecular weight excluding hydrogens is 340 g/mol. The largest absolute Gasteiger partial charge is 0.330 e. The Morgan fingerprint density at radius 1 is 1.04 bits per heavy atom. The van der Waals surface area contributed by atoms with Crippen molar-refractivity contribution in [1.82, 2.24) is 18.9 Å². The third-order valence-corrected chi connectivity index (χ3v) is 5.58. The fraction of sp³-hybridized carbons (Fsp3) is 0.524. The maximum Gasteiger partial charge on any atom is 0.330 e. The van der Waals surface area contributed by atoms with Crippen LogP contribution >= 0.6 is 0 Å². The van der Waals surface area contributed by atoms with Crippen LogP contribution in [-0.4, -0.2) is 45.6 Å².